The van der Waals surface area contributed by atoms with Crippen LogP contribution in [0.4, 0.5) is 5.13 Å². The summed E-state index contributed by atoms with van der Waals surface area (Å²) < 4.78 is 62.7. The van der Waals surface area contributed by atoms with Gasteiger partial charge in [0, 0.05) is 12.4 Å². The minimum Gasteiger partial charge on any atom is -0.731 e. The molecule has 0 aromatic carbocycles. The molecule has 1 saturated heterocycles. The average Bonchev–Trinajstić information content (AvgIpc) is 3.05. The van der Waals surface area contributed by atoms with Crippen molar-refractivity contribution in [2.45, 2.75) is 12.1 Å². The van der Waals surface area contributed by atoms with E-state index in [1.807, 2.05) is 0 Å². The summed E-state index contributed by atoms with van der Waals surface area (Å²) in [6.07, 6.45) is 0. The van der Waals surface area contributed by atoms with Crippen molar-refractivity contribution in [2.24, 2.45) is 5.16 Å². The number of thiazole rings is 1. The van der Waals surface area contributed by atoms with Gasteiger partial charge in [0.1, 0.15) is 24.9 Å². The molecule has 2 heterocycles. The molecule has 19 heteroatoms. The van der Waals surface area contributed by atoms with E-state index in [0.717, 1.165) is 25.5 Å². The predicted octanol–water partition coefficient (Wildman–Crippen LogP) is -6.28. The van der Waals surface area contributed by atoms with Gasteiger partial charge in [-0.05, 0) is 0 Å². The number of oxime groups is 1. The number of hydrogen-bond acceptors (Lipinski definition) is 13. The Hall–Kier alpha value is -1.38. The summed E-state index contributed by atoms with van der Waals surface area (Å²) in [6.45, 7) is -0.915. The summed E-state index contributed by atoms with van der Waals surface area (Å²) in [7, 11) is -7.37. The zero-order chi connectivity index (χ0) is 22.0. The number of hydrogen-bond donors (Lipinski definition) is 3. The van der Waals surface area contributed by atoms with Crippen LogP contribution < -0.4 is 45.3 Å². The molecule has 0 bridgehead atoms. The fourth-order valence-corrected chi connectivity index (χ4v) is 4.07. The van der Waals surface area contributed by atoms with E-state index in [1.165, 1.54) is 5.38 Å². The van der Waals surface area contributed by atoms with E-state index in [2.05, 4.69) is 24.5 Å². The Morgan fingerprint density at radius 2 is 2.07 bits per heavy atom. The Morgan fingerprint density at radius 1 is 1.43 bits per heavy atom. The first kappa shape index (κ1) is 26.7. The molecule has 15 nitrogen and oxygen atoms in total. The maximum atomic E-state index is 12.5. The molecule has 2 amide bonds. The zero-order valence-corrected chi connectivity index (χ0v) is 20.2. The molecule has 0 spiro atoms. The van der Waals surface area contributed by atoms with Crippen molar-refractivity contribution in [3.05, 3.63) is 11.1 Å². The Kier molecular flexibility index (Phi) is 9.14. The van der Waals surface area contributed by atoms with Crippen LogP contribution in [0.3, 0.4) is 0 Å². The number of nitrogen functional groups attached to an aromatic ring is 1. The van der Waals surface area contributed by atoms with Gasteiger partial charge >= 0.3 is 39.9 Å². The number of rotatable bonds is 9. The summed E-state index contributed by atoms with van der Waals surface area (Å²) in [5.41, 5.74) is 5.12. The van der Waals surface area contributed by atoms with Crippen LogP contribution in [0.2, 0.25) is 0 Å². The van der Waals surface area contributed by atoms with E-state index in [0.29, 0.717) is 0 Å². The monoisotopic (exact) mass is 494 g/mol. The van der Waals surface area contributed by atoms with Gasteiger partial charge in [-0.1, -0.05) is 5.16 Å². The maximum absolute atomic E-state index is 12.5. The standard InChI is InChI=1S/C11H16N6O9S3.Na/c1-13-28(20,21)26-3-6-8(10(19)17(6)29(22,23)24)15-9(18)7(16-25-2)5-4-27-11(12)14-5;/h4,6,8,13H,3H2,1-2H3,(H2,12,14)(H,15,18)(H,22,23,24);/q;+1/p-1/b16-7-;/t6-,8+;/m1./s1. The molecule has 2 rings (SSSR count). The normalized spacial score (nSPS) is 19.6. The van der Waals surface area contributed by atoms with Crippen LogP contribution in [0.5, 0.6) is 0 Å². The number of aromatic nitrogens is 1. The van der Waals surface area contributed by atoms with Gasteiger partial charge in [-0.25, -0.2) is 17.7 Å². The fraction of sp³-hybridized carbons (Fsp3) is 0.455. The third-order valence-electron chi connectivity index (χ3n) is 3.50. The summed E-state index contributed by atoms with van der Waals surface area (Å²) in [5.74, 6) is -2.29. The van der Waals surface area contributed by atoms with E-state index in [4.69, 9.17) is 5.73 Å². The number of carbonyl (C=O) groups is 2. The van der Waals surface area contributed by atoms with Crippen LogP contribution in [0.1, 0.15) is 5.69 Å². The zero-order valence-electron chi connectivity index (χ0n) is 15.8. The average molecular weight is 494 g/mol. The number of anilines is 1. The number of β-lactam (4-membered cyclic amide) rings is 1. The molecule has 0 aliphatic carbocycles. The Bertz CT molecular complexity index is 1040. The van der Waals surface area contributed by atoms with E-state index < -0.39 is 51.1 Å². The SMILES string of the molecule is CNS(=O)(=O)OC[C@@H]1[C@H](NC(=O)/C(=N\OC)c2csc(N)n2)C(=O)N1S(=O)(=O)[O-].[Na+]. The van der Waals surface area contributed by atoms with E-state index >= 15 is 0 Å². The molecule has 30 heavy (non-hydrogen) atoms. The second-order valence-corrected chi connectivity index (χ2v) is 8.94. The molecule has 0 radical (unpaired) electrons. The number of carbonyl (C=O) groups excluding carboxylic acids is 2. The summed E-state index contributed by atoms with van der Waals surface area (Å²) in [6, 6.07) is -3.20. The van der Waals surface area contributed by atoms with Crippen LogP contribution in [0.25, 0.3) is 0 Å². The van der Waals surface area contributed by atoms with Crippen molar-refractivity contribution < 1.29 is 69.6 Å². The molecule has 0 saturated carbocycles. The molecule has 1 aliphatic heterocycles. The predicted molar refractivity (Wildman–Crippen MR) is 96.3 cm³/mol. The van der Waals surface area contributed by atoms with E-state index in [1.54, 1.807) is 4.72 Å². The van der Waals surface area contributed by atoms with Crippen molar-refractivity contribution >= 4 is 54.6 Å². The second-order valence-electron chi connectivity index (χ2n) is 5.25. The third kappa shape index (κ3) is 6.08. The van der Waals surface area contributed by atoms with Crippen molar-refractivity contribution in [3.63, 3.8) is 0 Å². The molecule has 4 N–H and O–H groups in total. The van der Waals surface area contributed by atoms with Gasteiger partial charge in [0.25, 0.3) is 11.8 Å². The van der Waals surface area contributed by atoms with Crippen molar-refractivity contribution in [3.8, 4) is 0 Å². The largest absolute Gasteiger partial charge is 1.00 e. The third-order valence-corrected chi connectivity index (χ3v) is 6.06. The van der Waals surface area contributed by atoms with Crippen LogP contribution in [-0.4, -0.2) is 81.1 Å². The molecule has 1 aliphatic rings. The molecular weight excluding hydrogens is 479 g/mol. The maximum Gasteiger partial charge on any atom is 1.00 e. The van der Waals surface area contributed by atoms with Crippen LogP contribution in [0.15, 0.2) is 10.5 Å². The van der Waals surface area contributed by atoms with Crippen molar-refractivity contribution in [1.82, 2.24) is 19.3 Å². The quantitative estimate of drug-likeness (QED) is 0.0962. The molecule has 162 valence electrons. The Labute approximate surface area is 197 Å². The molecule has 1 aromatic rings. The van der Waals surface area contributed by atoms with Gasteiger partial charge < -0.3 is 20.4 Å². The fourth-order valence-electron chi connectivity index (χ4n) is 2.24. The van der Waals surface area contributed by atoms with Gasteiger partial charge in [0.05, 0.1) is 6.61 Å². The summed E-state index contributed by atoms with van der Waals surface area (Å²) in [4.78, 5) is 33.0. The van der Waals surface area contributed by atoms with Gasteiger partial charge in [0.15, 0.2) is 21.1 Å². The minimum atomic E-state index is -5.28. The Morgan fingerprint density at radius 3 is 2.53 bits per heavy atom. The van der Waals surface area contributed by atoms with Gasteiger partial charge in [0.2, 0.25) is 0 Å². The number of nitrogens with one attached hydrogen (secondary N) is 2. The molecule has 2 atom stereocenters. The number of amides is 2. The molecule has 1 fully saturated rings. The van der Waals surface area contributed by atoms with Gasteiger partial charge in [-0.2, -0.15) is 13.1 Å². The second kappa shape index (κ2) is 10.3. The summed E-state index contributed by atoms with van der Waals surface area (Å²) >= 11 is 0.994. The van der Waals surface area contributed by atoms with Crippen LogP contribution in [0, 0.1) is 0 Å². The van der Waals surface area contributed by atoms with Crippen molar-refractivity contribution in [1.29, 1.82) is 0 Å². The smallest absolute Gasteiger partial charge is 0.731 e. The topological polar surface area (TPSA) is 223 Å². The van der Waals surface area contributed by atoms with Crippen molar-refractivity contribution in [2.75, 3.05) is 26.5 Å². The summed E-state index contributed by atoms with van der Waals surface area (Å²) in [5, 5.41) is 7.13. The minimum absolute atomic E-state index is 0. The Balaban J connectivity index is 0.00000450. The van der Waals surface area contributed by atoms with E-state index in [9.17, 15) is 31.0 Å². The van der Waals surface area contributed by atoms with E-state index in [-0.39, 0.29) is 50.4 Å². The van der Waals surface area contributed by atoms with Gasteiger partial charge in [-0.3, -0.25) is 13.8 Å². The van der Waals surface area contributed by atoms with Gasteiger partial charge in [-0.15, -0.1) is 11.3 Å². The molecule has 0 unspecified atom stereocenters. The first-order chi connectivity index (χ1) is 13.4. The molecule has 1 aromatic heterocycles. The van der Waals surface area contributed by atoms with Crippen LogP contribution >= 0.6 is 11.3 Å². The first-order valence-corrected chi connectivity index (χ1v) is 11.1. The first-order valence-electron chi connectivity index (χ1n) is 7.41. The number of nitrogens with zero attached hydrogens (tertiary/aromatic N) is 3. The molecular formula is C11H15N6NaO9S3. The van der Waals surface area contributed by atoms with Crippen LogP contribution in [-0.2, 0) is 39.2 Å². The number of nitrogens with two attached hydrogens (primary N) is 1.